The summed E-state index contributed by atoms with van der Waals surface area (Å²) in [7, 11) is 0. The summed E-state index contributed by atoms with van der Waals surface area (Å²) in [5.41, 5.74) is -0.353. The molecule has 1 heterocycles. The Labute approximate surface area is 78.8 Å². The summed E-state index contributed by atoms with van der Waals surface area (Å²) in [6.45, 7) is 5.63. The number of nitrogens with zero attached hydrogens (tertiary/aromatic N) is 1. The van der Waals surface area contributed by atoms with Gasteiger partial charge in [-0.05, 0) is 32.9 Å². The fraction of sp³-hybridized carbons (Fsp3) is 0.500. The number of aliphatic hydroxyl groups is 1. The summed E-state index contributed by atoms with van der Waals surface area (Å²) < 4.78 is 0. The molecule has 0 fully saturated rings. The van der Waals surface area contributed by atoms with Gasteiger partial charge < -0.3 is 10.4 Å². The van der Waals surface area contributed by atoms with Crippen molar-refractivity contribution in [3.8, 4) is 0 Å². The molecule has 1 rings (SSSR count). The van der Waals surface area contributed by atoms with Gasteiger partial charge in [-0.15, -0.1) is 0 Å². The second-order valence-electron chi connectivity index (χ2n) is 3.74. The van der Waals surface area contributed by atoms with Crippen LogP contribution in [0.5, 0.6) is 0 Å². The van der Waals surface area contributed by atoms with Gasteiger partial charge in [0.05, 0.1) is 11.6 Å². The molecule has 0 aromatic carbocycles. The van der Waals surface area contributed by atoms with Crippen molar-refractivity contribution < 1.29 is 5.11 Å². The van der Waals surface area contributed by atoms with E-state index in [1.807, 2.05) is 32.0 Å². The maximum Gasteiger partial charge on any atom is 0.126 e. The third kappa shape index (κ3) is 2.70. The van der Waals surface area contributed by atoms with Gasteiger partial charge in [-0.3, -0.25) is 0 Å². The van der Waals surface area contributed by atoms with E-state index in [9.17, 15) is 5.11 Å². The van der Waals surface area contributed by atoms with E-state index in [2.05, 4.69) is 10.3 Å². The van der Waals surface area contributed by atoms with Crippen LogP contribution in [0.3, 0.4) is 0 Å². The predicted octanol–water partition coefficient (Wildman–Crippen LogP) is 1.65. The number of pyridine rings is 1. The minimum Gasteiger partial charge on any atom is -0.391 e. The summed E-state index contributed by atoms with van der Waals surface area (Å²) in [5, 5.41) is 12.6. The van der Waals surface area contributed by atoms with Gasteiger partial charge >= 0.3 is 0 Å². The predicted molar refractivity (Wildman–Crippen MR) is 53.6 cm³/mol. The summed E-state index contributed by atoms with van der Waals surface area (Å²) >= 11 is 0. The van der Waals surface area contributed by atoms with Crippen molar-refractivity contribution in [1.82, 2.24) is 4.98 Å². The maximum absolute atomic E-state index is 9.45. The fourth-order valence-electron chi connectivity index (χ4n) is 0.871. The van der Waals surface area contributed by atoms with Gasteiger partial charge in [-0.25, -0.2) is 4.98 Å². The molecule has 0 radical (unpaired) electrons. The molecule has 2 N–H and O–H groups in total. The first-order valence-corrected chi connectivity index (χ1v) is 4.39. The van der Waals surface area contributed by atoms with Crippen LogP contribution in [0.4, 0.5) is 5.82 Å². The van der Waals surface area contributed by atoms with Crippen LogP contribution in [0.1, 0.15) is 20.8 Å². The molecule has 0 aliphatic carbocycles. The zero-order chi connectivity index (χ0) is 9.90. The Morgan fingerprint density at radius 3 is 2.62 bits per heavy atom. The third-order valence-electron chi connectivity index (χ3n) is 2.16. The van der Waals surface area contributed by atoms with Crippen LogP contribution in [-0.2, 0) is 0 Å². The topological polar surface area (TPSA) is 45.1 Å². The smallest absolute Gasteiger partial charge is 0.126 e. The molecular weight excluding hydrogens is 164 g/mol. The van der Waals surface area contributed by atoms with Gasteiger partial charge in [0.15, 0.2) is 0 Å². The highest BCUT2D eigenvalue weighted by atomic mass is 16.3. The van der Waals surface area contributed by atoms with Crippen LogP contribution in [0.2, 0.25) is 0 Å². The zero-order valence-electron chi connectivity index (χ0n) is 8.28. The van der Waals surface area contributed by atoms with Gasteiger partial charge in [0.2, 0.25) is 0 Å². The van der Waals surface area contributed by atoms with Crippen molar-refractivity contribution in [2.24, 2.45) is 0 Å². The number of hydrogen-bond acceptors (Lipinski definition) is 3. The van der Waals surface area contributed by atoms with Crippen LogP contribution < -0.4 is 5.32 Å². The van der Waals surface area contributed by atoms with Crippen molar-refractivity contribution in [1.29, 1.82) is 0 Å². The zero-order valence-corrected chi connectivity index (χ0v) is 8.28. The number of aromatic nitrogens is 1. The second-order valence-corrected chi connectivity index (χ2v) is 3.74. The average molecular weight is 180 g/mol. The Bertz CT molecular complexity index is 257. The molecule has 0 saturated heterocycles. The Morgan fingerprint density at radius 1 is 1.46 bits per heavy atom. The lowest BCUT2D eigenvalue weighted by atomic mass is 9.99. The average Bonchev–Trinajstić information content (AvgIpc) is 2.05. The normalized spacial score (nSPS) is 13.8. The number of nitrogens with one attached hydrogen (secondary N) is 1. The van der Waals surface area contributed by atoms with Crippen molar-refractivity contribution in [2.45, 2.75) is 32.4 Å². The lowest BCUT2D eigenvalue weighted by molar-refractivity contribution is 0.133. The van der Waals surface area contributed by atoms with E-state index in [4.69, 9.17) is 0 Å². The summed E-state index contributed by atoms with van der Waals surface area (Å²) in [4.78, 5) is 4.12. The van der Waals surface area contributed by atoms with Crippen LogP contribution in [0.15, 0.2) is 24.4 Å². The van der Waals surface area contributed by atoms with Crippen molar-refractivity contribution >= 4 is 5.82 Å². The molecule has 0 saturated carbocycles. The first-order chi connectivity index (χ1) is 6.02. The van der Waals surface area contributed by atoms with Gasteiger partial charge in [0.1, 0.15) is 5.82 Å². The standard InChI is InChI=1S/C10H16N2O/c1-8(13)10(2,3)12-9-6-4-5-7-11-9/h4-8,13H,1-3H3,(H,11,12). The molecule has 0 aliphatic rings. The van der Waals surface area contributed by atoms with Crippen molar-refractivity contribution in [3.05, 3.63) is 24.4 Å². The fourth-order valence-corrected chi connectivity index (χ4v) is 0.871. The SMILES string of the molecule is CC(O)C(C)(C)Nc1ccccn1. The molecular formula is C10H16N2O. The minimum atomic E-state index is -0.422. The molecule has 0 bridgehead atoms. The Kier molecular flexibility index (Phi) is 2.88. The lowest BCUT2D eigenvalue weighted by Crippen LogP contribution is -2.42. The second kappa shape index (κ2) is 3.75. The van der Waals surface area contributed by atoms with Gasteiger partial charge in [-0.1, -0.05) is 6.07 Å². The Morgan fingerprint density at radius 2 is 2.15 bits per heavy atom. The van der Waals surface area contributed by atoms with E-state index >= 15 is 0 Å². The number of hydrogen-bond donors (Lipinski definition) is 2. The van der Waals surface area contributed by atoms with Crippen molar-refractivity contribution in [2.75, 3.05) is 5.32 Å². The summed E-state index contributed by atoms with van der Waals surface area (Å²) in [6.07, 6.45) is 1.30. The highest BCUT2D eigenvalue weighted by molar-refractivity contribution is 5.36. The third-order valence-corrected chi connectivity index (χ3v) is 2.16. The van der Waals surface area contributed by atoms with E-state index in [-0.39, 0.29) is 5.54 Å². The molecule has 1 aromatic heterocycles. The lowest BCUT2D eigenvalue weighted by Gasteiger charge is -2.29. The van der Waals surface area contributed by atoms with E-state index in [0.29, 0.717) is 0 Å². The van der Waals surface area contributed by atoms with Crippen LogP contribution in [0, 0.1) is 0 Å². The summed E-state index contributed by atoms with van der Waals surface area (Å²) in [5.74, 6) is 0.786. The van der Waals surface area contributed by atoms with Crippen LogP contribution in [-0.4, -0.2) is 21.7 Å². The molecule has 3 heteroatoms. The van der Waals surface area contributed by atoms with Crippen LogP contribution in [0.25, 0.3) is 0 Å². The number of anilines is 1. The molecule has 3 nitrogen and oxygen atoms in total. The Balaban J connectivity index is 2.69. The Hall–Kier alpha value is -1.09. The first kappa shape index (κ1) is 9.99. The van der Waals surface area contributed by atoms with Gasteiger partial charge in [-0.2, -0.15) is 0 Å². The van der Waals surface area contributed by atoms with Crippen LogP contribution >= 0.6 is 0 Å². The van der Waals surface area contributed by atoms with E-state index in [0.717, 1.165) is 5.82 Å². The molecule has 1 aromatic rings. The quantitative estimate of drug-likeness (QED) is 0.743. The highest BCUT2D eigenvalue weighted by Crippen LogP contribution is 2.15. The minimum absolute atomic E-state index is 0.353. The molecule has 1 atom stereocenters. The van der Waals surface area contributed by atoms with Crippen molar-refractivity contribution in [3.63, 3.8) is 0 Å². The van der Waals surface area contributed by atoms with Gasteiger partial charge in [0, 0.05) is 6.20 Å². The largest absolute Gasteiger partial charge is 0.391 e. The molecule has 1 unspecified atom stereocenters. The summed E-state index contributed by atoms with van der Waals surface area (Å²) in [6, 6.07) is 5.65. The first-order valence-electron chi connectivity index (χ1n) is 4.39. The molecule has 72 valence electrons. The van der Waals surface area contributed by atoms with E-state index in [1.165, 1.54) is 0 Å². The molecule has 0 aliphatic heterocycles. The number of aliphatic hydroxyl groups excluding tert-OH is 1. The molecule has 13 heavy (non-hydrogen) atoms. The van der Waals surface area contributed by atoms with E-state index in [1.54, 1.807) is 13.1 Å². The molecule has 0 spiro atoms. The molecule has 0 amide bonds. The number of rotatable bonds is 3. The van der Waals surface area contributed by atoms with Gasteiger partial charge in [0.25, 0.3) is 0 Å². The highest BCUT2D eigenvalue weighted by Gasteiger charge is 2.23. The monoisotopic (exact) mass is 180 g/mol. The van der Waals surface area contributed by atoms with E-state index < -0.39 is 6.10 Å². The maximum atomic E-state index is 9.45.